The first kappa shape index (κ1) is 22.2. The summed E-state index contributed by atoms with van der Waals surface area (Å²) in [6.45, 7) is 16.8. The number of allylic oxidation sites excluding steroid dienone is 5. The highest BCUT2D eigenvalue weighted by molar-refractivity contribution is 5.14. The van der Waals surface area contributed by atoms with Crippen LogP contribution in [0.4, 0.5) is 0 Å². The SMILES string of the molecule is C/C(=C/C=CC1(C)OCC(C)(C)CO1)CC/C=C(/C)CCCC(C)C. The number of hydrogen-bond acceptors (Lipinski definition) is 2. The maximum Gasteiger partial charge on any atom is 0.185 e. The molecule has 2 heteroatoms. The Bertz CT molecular complexity index is 470. The number of ether oxygens (including phenoxy) is 2. The minimum Gasteiger partial charge on any atom is -0.346 e. The minimum absolute atomic E-state index is 0.110. The van der Waals surface area contributed by atoms with Crippen LogP contribution in [0, 0.1) is 11.3 Å². The Balaban J connectivity index is 2.33. The quantitative estimate of drug-likeness (QED) is 0.336. The fourth-order valence-electron chi connectivity index (χ4n) is 2.76. The Kier molecular flexibility index (Phi) is 9.16. The van der Waals surface area contributed by atoms with Gasteiger partial charge in [0.2, 0.25) is 0 Å². The Hall–Kier alpha value is -0.860. The molecule has 0 aliphatic carbocycles. The molecule has 0 amide bonds. The summed E-state index contributed by atoms with van der Waals surface area (Å²) in [5, 5.41) is 0. The van der Waals surface area contributed by atoms with Crippen molar-refractivity contribution in [2.24, 2.45) is 11.3 Å². The van der Waals surface area contributed by atoms with E-state index in [9.17, 15) is 0 Å². The van der Waals surface area contributed by atoms with E-state index in [1.54, 1.807) is 0 Å². The van der Waals surface area contributed by atoms with E-state index in [4.69, 9.17) is 9.47 Å². The third-order valence-electron chi connectivity index (χ3n) is 4.66. The fraction of sp³-hybridized carbons (Fsp3) is 0.739. The zero-order chi connectivity index (χ0) is 18.9. The molecule has 0 radical (unpaired) electrons. The summed E-state index contributed by atoms with van der Waals surface area (Å²) >= 11 is 0. The van der Waals surface area contributed by atoms with Crippen molar-refractivity contribution in [3.05, 3.63) is 35.5 Å². The molecule has 0 aromatic rings. The highest BCUT2D eigenvalue weighted by Crippen LogP contribution is 2.29. The van der Waals surface area contributed by atoms with Gasteiger partial charge < -0.3 is 9.47 Å². The molecule has 0 unspecified atom stereocenters. The molecular weight excluding hydrogens is 308 g/mol. The van der Waals surface area contributed by atoms with Crippen molar-refractivity contribution in [1.29, 1.82) is 0 Å². The second-order valence-electron chi connectivity index (χ2n) is 9.00. The van der Waals surface area contributed by atoms with Gasteiger partial charge in [0.25, 0.3) is 0 Å². The van der Waals surface area contributed by atoms with E-state index >= 15 is 0 Å². The summed E-state index contributed by atoms with van der Waals surface area (Å²) in [7, 11) is 0. The van der Waals surface area contributed by atoms with Crippen molar-refractivity contribution < 1.29 is 9.47 Å². The van der Waals surface area contributed by atoms with Gasteiger partial charge in [-0.2, -0.15) is 0 Å². The first-order valence-electron chi connectivity index (χ1n) is 9.90. The van der Waals surface area contributed by atoms with Crippen molar-refractivity contribution in [3.63, 3.8) is 0 Å². The summed E-state index contributed by atoms with van der Waals surface area (Å²) in [5.41, 5.74) is 3.03. The van der Waals surface area contributed by atoms with Crippen LogP contribution < -0.4 is 0 Å². The summed E-state index contributed by atoms with van der Waals surface area (Å²) < 4.78 is 11.8. The third-order valence-corrected chi connectivity index (χ3v) is 4.66. The lowest BCUT2D eigenvalue weighted by Crippen LogP contribution is -2.44. The highest BCUT2D eigenvalue weighted by atomic mass is 16.7. The molecule has 0 spiro atoms. The van der Waals surface area contributed by atoms with E-state index in [1.165, 1.54) is 30.4 Å². The molecule has 1 rings (SSSR count). The van der Waals surface area contributed by atoms with Crippen LogP contribution >= 0.6 is 0 Å². The predicted octanol–water partition coefficient (Wildman–Crippen LogP) is 6.83. The average molecular weight is 349 g/mol. The van der Waals surface area contributed by atoms with Crippen LogP contribution in [-0.4, -0.2) is 19.0 Å². The molecule has 0 N–H and O–H groups in total. The molecular formula is C23H40O2. The van der Waals surface area contributed by atoms with E-state index in [0.717, 1.165) is 32.0 Å². The van der Waals surface area contributed by atoms with Gasteiger partial charge in [-0.05, 0) is 58.4 Å². The topological polar surface area (TPSA) is 18.5 Å². The molecule has 1 fully saturated rings. The van der Waals surface area contributed by atoms with Crippen molar-refractivity contribution in [2.75, 3.05) is 13.2 Å². The Labute approximate surface area is 156 Å². The summed E-state index contributed by atoms with van der Waals surface area (Å²) in [5.74, 6) is 0.231. The van der Waals surface area contributed by atoms with Gasteiger partial charge in [-0.3, -0.25) is 0 Å². The van der Waals surface area contributed by atoms with Crippen molar-refractivity contribution in [1.82, 2.24) is 0 Å². The second-order valence-corrected chi connectivity index (χ2v) is 9.00. The lowest BCUT2D eigenvalue weighted by Gasteiger charge is -2.39. The van der Waals surface area contributed by atoms with Crippen LogP contribution in [0.2, 0.25) is 0 Å². The van der Waals surface area contributed by atoms with E-state index < -0.39 is 5.79 Å². The molecule has 0 aromatic carbocycles. The molecule has 25 heavy (non-hydrogen) atoms. The van der Waals surface area contributed by atoms with Gasteiger partial charge in [0.1, 0.15) is 0 Å². The maximum atomic E-state index is 5.88. The molecule has 0 atom stereocenters. The van der Waals surface area contributed by atoms with Crippen LogP contribution in [0.5, 0.6) is 0 Å². The second kappa shape index (κ2) is 10.3. The number of hydrogen-bond donors (Lipinski definition) is 0. The van der Waals surface area contributed by atoms with Crippen LogP contribution in [0.3, 0.4) is 0 Å². The fourth-order valence-corrected chi connectivity index (χ4v) is 2.76. The molecule has 0 bridgehead atoms. The van der Waals surface area contributed by atoms with E-state index in [2.05, 4.69) is 59.8 Å². The first-order chi connectivity index (χ1) is 11.6. The Morgan fingerprint density at radius 1 is 1.00 bits per heavy atom. The smallest absolute Gasteiger partial charge is 0.185 e. The predicted molar refractivity (Wildman–Crippen MR) is 109 cm³/mol. The molecule has 1 saturated heterocycles. The minimum atomic E-state index is -0.584. The average Bonchev–Trinajstić information content (AvgIpc) is 2.50. The van der Waals surface area contributed by atoms with Gasteiger partial charge in [0.15, 0.2) is 5.79 Å². The molecule has 1 aliphatic rings. The highest BCUT2D eigenvalue weighted by Gasteiger charge is 2.34. The normalized spacial score (nSPS) is 21.3. The lowest BCUT2D eigenvalue weighted by molar-refractivity contribution is -0.262. The lowest BCUT2D eigenvalue weighted by atomic mass is 9.95. The number of rotatable bonds is 9. The van der Waals surface area contributed by atoms with Crippen LogP contribution in [0.25, 0.3) is 0 Å². The van der Waals surface area contributed by atoms with E-state index in [-0.39, 0.29) is 5.41 Å². The maximum absolute atomic E-state index is 5.88. The van der Waals surface area contributed by atoms with Crippen molar-refractivity contribution in [3.8, 4) is 0 Å². The molecule has 2 nitrogen and oxygen atoms in total. The van der Waals surface area contributed by atoms with Gasteiger partial charge in [-0.25, -0.2) is 0 Å². The van der Waals surface area contributed by atoms with Crippen molar-refractivity contribution in [2.45, 2.75) is 86.4 Å². The third kappa shape index (κ3) is 10.0. The molecule has 1 aliphatic heterocycles. The molecule has 0 saturated carbocycles. The largest absolute Gasteiger partial charge is 0.346 e. The van der Waals surface area contributed by atoms with Gasteiger partial charge in [0, 0.05) is 5.41 Å². The van der Waals surface area contributed by atoms with Crippen molar-refractivity contribution >= 4 is 0 Å². The Morgan fingerprint density at radius 2 is 1.64 bits per heavy atom. The molecule has 1 heterocycles. The molecule has 144 valence electrons. The first-order valence-corrected chi connectivity index (χ1v) is 9.90. The van der Waals surface area contributed by atoms with E-state index in [0.29, 0.717) is 0 Å². The zero-order valence-corrected chi connectivity index (χ0v) is 17.7. The van der Waals surface area contributed by atoms with Gasteiger partial charge >= 0.3 is 0 Å². The standard InChI is InChI=1S/C23H40O2/c1-19(2)11-8-12-20(3)13-9-14-21(4)15-10-16-23(7)24-17-22(5,6)18-25-23/h10,13,15-16,19H,8-9,11-12,14,17-18H2,1-7H3/b16-10?,20-13-,21-15-. The van der Waals surface area contributed by atoms with E-state index in [1.807, 2.05) is 13.0 Å². The summed E-state index contributed by atoms with van der Waals surface area (Å²) in [6, 6.07) is 0. The zero-order valence-electron chi connectivity index (χ0n) is 17.7. The van der Waals surface area contributed by atoms with Crippen LogP contribution in [0.15, 0.2) is 35.5 Å². The summed E-state index contributed by atoms with van der Waals surface area (Å²) in [4.78, 5) is 0. The van der Waals surface area contributed by atoms with Gasteiger partial charge in [0.05, 0.1) is 13.2 Å². The monoisotopic (exact) mass is 348 g/mol. The Morgan fingerprint density at radius 3 is 2.24 bits per heavy atom. The van der Waals surface area contributed by atoms with Gasteiger partial charge in [-0.1, -0.05) is 63.5 Å². The van der Waals surface area contributed by atoms with Crippen LogP contribution in [0.1, 0.15) is 80.6 Å². The summed E-state index contributed by atoms with van der Waals surface area (Å²) in [6.07, 6.45) is 14.8. The van der Waals surface area contributed by atoms with Crippen LogP contribution in [-0.2, 0) is 9.47 Å². The van der Waals surface area contributed by atoms with Gasteiger partial charge in [-0.15, -0.1) is 0 Å². The molecule has 0 aromatic heterocycles.